The van der Waals surface area contributed by atoms with E-state index in [1.165, 1.54) is 6.42 Å². The second-order valence-electron chi connectivity index (χ2n) is 5.89. The summed E-state index contributed by atoms with van der Waals surface area (Å²) in [5.74, 6) is -0.105. The van der Waals surface area contributed by atoms with Crippen LogP contribution in [-0.4, -0.2) is 74.2 Å². The summed E-state index contributed by atoms with van der Waals surface area (Å²) in [6, 6.07) is 0.480. The van der Waals surface area contributed by atoms with Gasteiger partial charge in [0.05, 0.1) is 6.61 Å². The largest absolute Gasteiger partial charge is 0.465 e. The maximum absolute atomic E-state index is 12.0. The molecule has 0 aromatic carbocycles. The van der Waals surface area contributed by atoms with Crippen LogP contribution in [0.25, 0.3) is 0 Å². The lowest BCUT2D eigenvalue weighted by molar-refractivity contribution is -0.146. The van der Waals surface area contributed by atoms with E-state index >= 15 is 0 Å². The highest BCUT2D eigenvalue weighted by Crippen LogP contribution is 2.11. The van der Waals surface area contributed by atoms with Gasteiger partial charge in [-0.25, -0.2) is 0 Å². The molecule has 5 nitrogen and oxygen atoms in total. The molecular formula is C16H33N3O2. The highest BCUT2D eigenvalue weighted by atomic mass is 16.5. The molecule has 2 atom stereocenters. The van der Waals surface area contributed by atoms with Gasteiger partial charge in [-0.1, -0.05) is 13.8 Å². The number of carbonyl (C=O) groups excluding carboxylic acids is 1. The molecule has 0 radical (unpaired) electrons. The van der Waals surface area contributed by atoms with Crippen molar-refractivity contribution >= 4 is 5.97 Å². The fourth-order valence-corrected chi connectivity index (χ4v) is 2.83. The molecule has 1 aliphatic rings. The fourth-order valence-electron chi connectivity index (χ4n) is 2.83. The third-order valence-electron chi connectivity index (χ3n) is 4.28. The van der Waals surface area contributed by atoms with Crippen LogP contribution < -0.4 is 5.32 Å². The Kier molecular flexibility index (Phi) is 8.88. The fraction of sp³-hybridized carbons (Fsp3) is 0.938. The molecule has 0 bridgehead atoms. The highest BCUT2D eigenvalue weighted by molar-refractivity contribution is 5.75. The van der Waals surface area contributed by atoms with Gasteiger partial charge in [0.25, 0.3) is 0 Å². The molecule has 1 fully saturated rings. The van der Waals surface area contributed by atoms with Gasteiger partial charge in [-0.15, -0.1) is 0 Å². The minimum atomic E-state index is -0.162. The summed E-state index contributed by atoms with van der Waals surface area (Å²) in [5, 5.41) is 3.32. The molecule has 0 spiro atoms. The van der Waals surface area contributed by atoms with Crippen LogP contribution in [0.15, 0.2) is 0 Å². The number of nitrogens with one attached hydrogen (secondary N) is 1. The van der Waals surface area contributed by atoms with Gasteiger partial charge < -0.3 is 19.9 Å². The Morgan fingerprint density at radius 2 is 2.10 bits per heavy atom. The van der Waals surface area contributed by atoms with Crippen molar-refractivity contribution in [2.24, 2.45) is 0 Å². The van der Waals surface area contributed by atoms with Crippen molar-refractivity contribution in [2.45, 2.75) is 52.1 Å². The van der Waals surface area contributed by atoms with Gasteiger partial charge in [0.2, 0.25) is 0 Å². The Bertz CT molecular complexity index is 299. The molecule has 0 saturated carbocycles. The van der Waals surface area contributed by atoms with Crippen LogP contribution in [0.2, 0.25) is 0 Å². The minimum Gasteiger partial charge on any atom is -0.465 e. The zero-order valence-electron chi connectivity index (χ0n) is 14.2. The van der Waals surface area contributed by atoms with Crippen LogP contribution >= 0.6 is 0 Å². The van der Waals surface area contributed by atoms with Crippen LogP contribution in [0.1, 0.15) is 40.0 Å². The molecule has 1 heterocycles. The predicted octanol–water partition coefficient (Wildman–Crippen LogP) is 1.33. The number of nitrogens with zero attached hydrogens (tertiary/aromatic N) is 2. The molecule has 124 valence electrons. The van der Waals surface area contributed by atoms with E-state index < -0.39 is 0 Å². The number of hydrogen-bond donors (Lipinski definition) is 1. The molecule has 5 heteroatoms. The van der Waals surface area contributed by atoms with Crippen LogP contribution in [0, 0.1) is 0 Å². The number of carbonyl (C=O) groups is 1. The maximum atomic E-state index is 12.0. The average Bonchev–Trinajstić information content (AvgIpc) is 2.49. The highest BCUT2D eigenvalue weighted by Gasteiger charge is 2.25. The SMILES string of the molecule is CCCNC(CCN1CCN(C)C(CC)C1)C(=O)OCC. The topological polar surface area (TPSA) is 44.8 Å². The van der Waals surface area contributed by atoms with Crippen LogP contribution in [0.5, 0.6) is 0 Å². The minimum absolute atomic E-state index is 0.105. The molecule has 1 rings (SSSR count). The van der Waals surface area contributed by atoms with E-state index in [1.807, 2.05) is 6.92 Å². The van der Waals surface area contributed by atoms with Crippen LogP contribution in [-0.2, 0) is 9.53 Å². The van der Waals surface area contributed by atoms with Crippen molar-refractivity contribution in [1.29, 1.82) is 0 Å². The number of hydrogen-bond acceptors (Lipinski definition) is 5. The molecule has 0 amide bonds. The molecule has 1 aliphatic heterocycles. The van der Waals surface area contributed by atoms with Gasteiger partial charge in [-0.05, 0) is 39.8 Å². The summed E-state index contributed by atoms with van der Waals surface area (Å²) < 4.78 is 5.17. The van der Waals surface area contributed by atoms with Gasteiger partial charge >= 0.3 is 5.97 Å². The first kappa shape index (κ1) is 18.4. The van der Waals surface area contributed by atoms with E-state index in [0.29, 0.717) is 12.6 Å². The summed E-state index contributed by atoms with van der Waals surface area (Å²) in [6.07, 6.45) is 3.05. The Morgan fingerprint density at radius 3 is 2.71 bits per heavy atom. The molecule has 0 aromatic heterocycles. The monoisotopic (exact) mass is 299 g/mol. The number of rotatable bonds is 9. The molecular weight excluding hydrogens is 266 g/mol. The Balaban J connectivity index is 2.42. The van der Waals surface area contributed by atoms with Crippen molar-refractivity contribution < 1.29 is 9.53 Å². The lowest BCUT2D eigenvalue weighted by atomic mass is 10.1. The first-order chi connectivity index (χ1) is 10.1. The third kappa shape index (κ3) is 6.32. The maximum Gasteiger partial charge on any atom is 0.323 e. The van der Waals surface area contributed by atoms with Gasteiger partial charge in [0.15, 0.2) is 0 Å². The average molecular weight is 299 g/mol. The van der Waals surface area contributed by atoms with Gasteiger partial charge in [0, 0.05) is 32.2 Å². The van der Waals surface area contributed by atoms with Crippen molar-refractivity contribution in [3.05, 3.63) is 0 Å². The molecule has 0 aromatic rings. The first-order valence-electron chi connectivity index (χ1n) is 8.44. The van der Waals surface area contributed by atoms with E-state index in [-0.39, 0.29) is 12.0 Å². The van der Waals surface area contributed by atoms with Gasteiger partial charge in [-0.3, -0.25) is 4.79 Å². The van der Waals surface area contributed by atoms with Crippen molar-refractivity contribution in [1.82, 2.24) is 15.1 Å². The second kappa shape index (κ2) is 10.1. The van der Waals surface area contributed by atoms with Crippen LogP contribution in [0.4, 0.5) is 0 Å². The van der Waals surface area contributed by atoms with E-state index in [2.05, 4.69) is 36.0 Å². The molecule has 2 unspecified atom stereocenters. The molecule has 0 aliphatic carbocycles. The summed E-state index contributed by atoms with van der Waals surface area (Å²) in [4.78, 5) is 16.9. The molecule has 1 N–H and O–H groups in total. The summed E-state index contributed by atoms with van der Waals surface area (Å²) >= 11 is 0. The normalized spacial score (nSPS) is 22.2. The van der Waals surface area contributed by atoms with Crippen molar-refractivity contribution in [3.8, 4) is 0 Å². The predicted molar refractivity (Wildman–Crippen MR) is 86.5 cm³/mol. The Labute approximate surface area is 130 Å². The number of likely N-dealkylation sites (N-methyl/N-ethyl adjacent to an activating group) is 1. The third-order valence-corrected chi connectivity index (χ3v) is 4.28. The Morgan fingerprint density at radius 1 is 1.33 bits per heavy atom. The number of ether oxygens (including phenoxy) is 1. The number of esters is 1. The number of piperazine rings is 1. The van der Waals surface area contributed by atoms with Crippen LogP contribution in [0.3, 0.4) is 0 Å². The molecule has 21 heavy (non-hydrogen) atoms. The first-order valence-corrected chi connectivity index (χ1v) is 8.44. The zero-order chi connectivity index (χ0) is 15.7. The Hall–Kier alpha value is -0.650. The standard InChI is InChI=1S/C16H33N3O2/c1-5-9-17-15(16(20)21-7-3)8-10-19-12-11-18(4)14(6-2)13-19/h14-15,17H,5-13H2,1-4H3. The van der Waals surface area contributed by atoms with E-state index in [4.69, 9.17) is 4.74 Å². The van der Waals surface area contributed by atoms with Crippen molar-refractivity contribution in [2.75, 3.05) is 46.4 Å². The van der Waals surface area contributed by atoms with Gasteiger partial charge in [0.1, 0.15) is 6.04 Å². The second-order valence-corrected chi connectivity index (χ2v) is 5.89. The quantitative estimate of drug-likeness (QED) is 0.651. The summed E-state index contributed by atoms with van der Waals surface area (Å²) in [7, 11) is 2.20. The summed E-state index contributed by atoms with van der Waals surface area (Å²) in [6.45, 7) is 11.8. The summed E-state index contributed by atoms with van der Waals surface area (Å²) in [5.41, 5.74) is 0. The lowest BCUT2D eigenvalue weighted by Gasteiger charge is -2.39. The van der Waals surface area contributed by atoms with E-state index in [9.17, 15) is 4.79 Å². The van der Waals surface area contributed by atoms with Crippen molar-refractivity contribution in [3.63, 3.8) is 0 Å². The van der Waals surface area contributed by atoms with E-state index in [1.54, 1.807) is 0 Å². The smallest absolute Gasteiger partial charge is 0.323 e. The molecule has 1 saturated heterocycles. The van der Waals surface area contributed by atoms with Gasteiger partial charge in [-0.2, -0.15) is 0 Å². The lowest BCUT2D eigenvalue weighted by Crippen LogP contribution is -2.52. The van der Waals surface area contributed by atoms with E-state index in [0.717, 1.165) is 45.6 Å². The zero-order valence-corrected chi connectivity index (χ0v) is 14.2.